The van der Waals surface area contributed by atoms with E-state index < -0.39 is 10.0 Å². The Labute approximate surface area is 142 Å². The molecule has 1 aliphatic rings. The fourth-order valence-corrected chi connectivity index (χ4v) is 3.55. The molecular weight excluding hydrogens is 332 g/mol. The van der Waals surface area contributed by atoms with E-state index in [9.17, 15) is 13.2 Å². The average Bonchev–Trinajstić information content (AvgIpc) is 2.83. The highest BCUT2D eigenvalue weighted by Gasteiger charge is 2.30. The molecule has 1 aromatic carbocycles. The molecule has 0 fully saturated rings. The number of hydrogen-bond donors (Lipinski definition) is 2. The number of amides is 1. The topological polar surface area (TPSA) is 100 Å². The van der Waals surface area contributed by atoms with E-state index in [1.807, 2.05) is 0 Å². The first kappa shape index (κ1) is 18.4. The molecule has 9 heteroatoms. The van der Waals surface area contributed by atoms with E-state index in [1.54, 1.807) is 32.4 Å². The third-order valence-corrected chi connectivity index (χ3v) is 4.79. The summed E-state index contributed by atoms with van der Waals surface area (Å²) in [6, 6.07) is 6.60. The molecule has 0 aromatic heterocycles. The average molecular weight is 354 g/mol. The molecule has 0 radical (unpaired) electrons. The molecule has 0 spiro atoms. The number of sulfonamides is 1. The van der Waals surface area contributed by atoms with Crippen molar-refractivity contribution in [2.45, 2.75) is 4.90 Å². The Kier molecular flexibility index (Phi) is 6.29. The van der Waals surface area contributed by atoms with Gasteiger partial charge in [0.25, 0.3) is 10.0 Å². The van der Waals surface area contributed by atoms with Gasteiger partial charge in [0.15, 0.2) is 5.84 Å². The van der Waals surface area contributed by atoms with Crippen LogP contribution < -0.4 is 10.6 Å². The van der Waals surface area contributed by atoms with Gasteiger partial charge in [0.05, 0.1) is 13.2 Å². The number of carbonyl (C=O) groups excluding carboxylic acids is 1. The highest BCUT2D eigenvalue weighted by atomic mass is 32.2. The number of benzene rings is 1. The van der Waals surface area contributed by atoms with Crippen LogP contribution in [0.1, 0.15) is 5.56 Å². The number of fused-ring (bicyclic) bond motifs is 1. The van der Waals surface area contributed by atoms with Crippen molar-refractivity contribution in [1.82, 2.24) is 15.5 Å². The number of methoxy groups -OCH3 is 1. The predicted molar refractivity (Wildman–Crippen MR) is 90.6 cm³/mol. The summed E-state index contributed by atoms with van der Waals surface area (Å²) >= 11 is 0. The van der Waals surface area contributed by atoms with Crippen molar-refractivity contribution in [3.8, 4) is 0 Å². The minimum absolute atomic E-state index is 0.0285. The Hall–Kier alpha value is -1.97. The van der Waals surface area contributed by atoms with E-state index in [-0.39, 0.29) is 17.3 Å². The Morgan fingerprint density at radius 3 is 2.75 bits per heavy atom. The van der Waals surface area contributed by atoms with Crippen molar-refractivity contribution in [3.05, 3.63) is 29.8 Å². The van der Waals surface area contributed by atoms with E-state index in [0.29, 0.717) is 31.1 Å². The molecule has 1 aliphatic heterocycles. The normalized spacial score (nSPS) is 14.8. The fraction of sp³-hybridized carbons (Fsp3) is 0.467. The van der Waals surface area contributed by atoms with Gasteiger partial charge in [-0.15, -0.1) is 4.40 Å². The minimum atomic E-state index is -3.67. The third kappa shape index (κ3) is 4.53. The fourth-order valence-electron chi connectivity index (χ4n) is 2.30. The summed E-state index contributed by atoms with van der Waals surface area (Å²) in [6.45, 7) is 2.48. The molecule has 1 amide bonds. The highest BCUT2D eigenvalue weighted by molar-refractivity contribution is 7.90. The van der Waals surface area contributed by atoms with Gasteiger partial charge >= 0.3 is 0 Å². The second-order valence-electron chi connectivity index (χ2n) is 5.33. The molecule has 1 heterocycles. The Morgan fingerprint density at radius 2 is 2.00 bits per heavy atom. The van der Waals surface area contributed by atoms with Crippen molar-refractivity contribution in [3.63, 3.8) is 0 Å². The van der Waals surface area contributed by atoms with Crippen molar-refractivity contribution < 1.29 is 17.9 Å². The van der Waals surface area contributed by atoms with Crippen molar-refractivity contribution >= 4 is 21.8 Å². The first-order chi connectivity index (χ1) is 11.5. The summed E-state index contributed by atoms with van der Waals surface area (Å²) in [5.41, 5.74) is 0.522. The maximum absolute atomic E-state index is 12.0. The number of nitrogens with zero attached hydrogens (tertiary/aromatic N) is 2. The lowest BCUT2D eigenvalue weighted by Gasteiger charge is -2.18. The summed E-state index contributed by atoms with van der Waals surface area (Å²) in [6.07, 6.45) is 0. The van der Waals surface area contributed by atoms with Crippen LogP contribution in [-0.4, -0.2) is 72.0 Å². The zero-order valence-corrected chi connectivity index (χ0v) is 14.6. The predicted octanol–water partition coefficient (Wildman–Crippen LogP) is -0.580. The molecule has 0 unspecified atom stereocenters. The molecular formula is C15H22N4O4S. The van der Waals surface area contributed by atoms with Crippen LogP contribution in [0.15, 0.2) is 33.6 Å². The van der Waals surface area contributed by atoms with Gasteiger partial charge in [0, 0.05) is 39.4 Å². The Morgan fingerprint density at radius 1 is 1.25 bits per heavy atom. The molecule has 2 N–H and O–H groups in total. The number of amidine groups is 1. The maximum Gasteiger partial charge on any atom is 0.285 e. The molecule has 0 bridgehead atoms. The van der Waals surface area contributed by atoms with Gasteiger partial charge in [-0.2, -0.15) is 8.42 Å². The molecule has 132 valence electrons. The summed E-state index contributed by atoms with van der Waals surface area (Å²) in [7, 11) is -0.399. The van der Waals surface area contributed by atoms with Crippen molar-refractivity contribution in [2.24, 2.45) is 4.40 Å². The van der Waals surface area contributed by atoms with E-state index in [1.165, 1.54) is 11.0 Å². The van der Waals surface area contributed by atoms with Crippen LogP contribution in [0.2, 0.25) is 0 Å². The number of likely N-dealkylation sites (N-methyl/N-ethyl adjacent to an activating group) is 1. The zero-order chi connectivity index (χ0) is 17.6. The van der Waals surface area contributed by atoms with Gasteiger partial charge in [0.1, 0.15) is 4.90 Å². The molecule has 0 aliphatic carbocycles. The lowest BCUT2D eigenvalue weighted by atomic mass is 10.2. The summed E-state index contributed by atoms with van der Waals surface area (Å²) < 4.78 is 32.7. The van der Waals surface area contributed by atoms with Gasteiger partial charge in [-0.25, -0.2) is 0 Å². The van der Waals surface area contributed by atoms with E-state index >= 15 is 0 Å². The van der Waals surface area contributed by atoms with Crippen molar-refractivity contribution in [1.29, 1.82) is 0 Å². The van der Waals surface area contributed by atoms with Crippen LogP contribution in [0.5, 0.6) is 0 Å². The maximum atomic E-state index is 12.0. The second-order valence-corrected chi connectivity index (χ2v) is 6.91. The van der Waals surface area contributed by atoms with Gasteiger partial charge in [-0.3, -0.25) is 4.79 Å². The lowest BCUT2D eigenvalue weighted by molar-refractivity contribution is -0.121. The third-order valence-electron chi connectivity index (χ3n) is 3.46. The van der Waals surface area contributed by atoms with Crippen molar-refractivity contribution in [2.75, 3.05) is 46.9 Å². The Balaban J connectivity index is 1.87. The van der Waals surface area contributed by atoms with Crippen LogP contribution >= 0.6 is 0 Å². The number of hydrogen-bond acceptors (Lipinski definition) is 6. The van der Waals surface area contributed by atoms with E-state index in [0.717, 1.165) is 6.54 Å². The molecule has 1 aromatic rings. The zero-order valence-electron chi connectivity index (χ0n) is 13.8. The van der Waals surface area contributed by atoms with Crippen LogP contribution in [0.4, 0.5) is 0 Å². The molecule has 0 atom stereocenters. The summed E-state index contributed by atoms with van der Waals surface area (Å²) in [5.74, 6) is 0.0921. The molecule has 0 saturated heterocycles. The van der Waals surface area contributed by atoms with Crippen LogP contribution in [-0.2, 0) is 19.6 Å². The largest absolute Gasteiger partial charge is 0.383 e. The van der Waals surface area contributed by atoms with E-state index in [2.05, 4.69) is 15.0 Å². The first-order valence-electron chi connectivity index (χ1n) is 7.57. The number of nitrogens with one attached hydrogen (secondary N) is 2. The SMILES string of the molecule is COCCNCCNC(=O)CN(C)C1=NS(=O)(=O)c2ccccc21. The molecule has 0 saturated carbocycles. The highest BCUT2D eigenvalue weighted by Crippen LogP contribution is 2.26. The van der Waals surface area contributed by atoms with E-state index in [4.69, 9.17) is 4.74 Å². The molecule has 2 rings (SSSR count). The van der Waals surface area contributed by atoms with Crippen LogP contribution in [0.25, 0.3) is 0 Å². The standard InChI is InChI=1S/C15H22N4O4S/c1-19(11-14(20)17-8-7-16-9-10-23-2)15-12-5-3-4-6-13(12)24(21,22)18-15/h3-6,16H,7-11H2,1-2H3,(H,17,20). The van der Waals surface area contributed by atoms with Crippen LogP contribution in [0, 0.1) is 0 Å². The number of ether oxygens (including phenoxy) is 1. The quantitative estimate of drug-likeness (QED) is 0.606. The Bertz CT molecular complexity index is 718. The number of rotatable bonds is 8. The molecule has 24 heavy (non-hydrogen) atoms. The lowest BCUT2D eigenvalue weighted by Crippen LogP contribution is -2.40. The second kappa shape index (κ2) is 8.22. The number of carbonyl (C=O) groups is 1. The summed E-state index contributed by atoms with van der Waals surface area (Å²) in [4.78, 5) is 13.7. The summed E-state index contributed by atoms with van der Waals surface area (Å²) in [5, 5.41) is 5.89. The monoisotopic (exact) mass is 354 g/mol. The van der Waals surface area contributed by atoms with Gasteiger partial charge in [0.2, 0.25) is 5.91 Å². The first-order valence-corrected chi connectivity index (χ1v) is 9.01. The molecule has 8 nitrogen and oxygen atoms in total. The smallest absolute Gasteiger partial charge is 0.285 e. The van der Waals surface area contributed by atoms with Gasteiger partial charge in [-0.1, -0.05) is 12.1 Å². The van der Waals surface area contributed by atoms with Gasteiger partial charge in [-0.05, 0) is 12.1 Å². The van der Waals surface area contributed by atoms with Crippen LogP contribution in [0.3, 0.4) is 0 Å². The minimum Gasteiger partial charge on any atom is -0.383 e. The van der Waals surface area contributed by atoms with Gasteiger partial charge < -0.3 is 20.3 Å².